The third kappa shape index (κ3) is 5.86. The molecule has 1 amide bonds. The molecule has 4 aromatic rings. The Labute approximate surface area is 266 Å². The van der Waals surface area contributed by atoms with Gasteiger partial charge in [0.25, 0.3) is 5.91 Å². The first-order valence-corrected chi connectivity index (χ1v) is 16.3. The normalized spacial score (nSPS) is 15.1. The van der Waals surface area contributed by atoms with Crippen molar-refractivity contribution in [3.8, 4) is 17.0 Å². The van der Waals surface area contributed by atoms with Gasteiger partial charge in [0.05, 0.1) is 19.3 Å². The first kappa shape index (κ1) is 30.9. The predicted molar refractivity (Wildman–Crippen MR) is 176 cm³/mol. The molecule has 0 saturated heterocycles. The van der Waals surface area contributed by atoms with Crippen LogP contribution in [0.1, 0.15) is 109 Å². The zero-order chi connectivity index (χ0) is 31.8. The highest BCUT2D eigenvalue weighted by Crippen LogP contribution is 2.48. The molecule has 1 aliphatic carbocycles. The first-order chi connectivity index (χ1) is 21.7. The zero-order valence-electron chi connectivity index (χ0n) is 26.3. The minimum absolute atomic E-state index is 0.0910. The number of hydrogen-bond acceptors (Lipinski definition) is 7. The summed E-state index contributed by atoms with van der Waals surface area (Å²) in [5, 5.41) is 19.8. The van der Waals surface area contributed by atoms with Crippen LogP contribution in [0.15, 0.2) is 36.4 Å². The quantitative estimate of drug-likeness (QED) is 0.144. The summed E-state index contributed by atoms with van der Waals surface area (Å²) in [6.45, 7) is 8.25. The van der Waals surface area contributed by atoms with Crippen LogP contribution in [0.3, 0.4) is 0 Å². The average Bonchev–Trinajstić information content (AvgIpc) is 3.56. The maximum atomic E-state index is 13.2. The molecule has 1 fully saturated rings. The van der Waals surface area contributed by atoms with Crippen LogP contribution in [0.2, 0.25) is 0 Å². The number of amides is 1. The summed E-state index contributed by atoms with van der Waals surface area (Å²) in [5.41, 5.74) is 9.41. The molecule has 3 heterocycles. The number of methoxy groups -OCH3 is 1. The van der Waals surface area contributed by atoms with E-state index in [9.17, 15) is 14.7 Å². The van der Waals surface area contributed by atoms with Crippen molar-refractivity contribution >= 4 is 46.5 Å². The largest absolute Gasteiger partial charge is 0.497 e. The van der Waals surface area contributed by atoms with Crippen molar-refractivity contribution in [1.29, 1.82) is 0 Å². The van der Waals surface area contributed by atoms with E-state index < -0.39 is 5.97 Å². The van der Waals surface area contributed by atoms with Gasteiger partial charge in [-0.1, -0.05) is 44.4 Å². The molecule has 0 atom stereocenters. The third-order valence-corrected chi connectivity index (χ3v) is 9.18. The molecule has 11 heteroatoms. The van der Waals surface area contributed by atoms with Crippen LogP contribution in [0, 0.1) is 0 Å². The predicted octanol–water partition coefficient (Wildman–Crippen LogP) is 7.51. The van der Waals surface area contributed by atoms with Gasteiger partial charge >= 0.3 is 5.97 Å². The molecular formula is C34H39N5O5S. The number of hydroxylamine groups is 1. The Morgan fingerprint density at radius 2 is 1.82 bits per heavy atom. The minimum atomic E-state index is -1.13. The van der Waals surface area contributed by atoms with Crippen molar-refractivity contribution in [3.63, 3.8) is 0 Å². The molecule has 2 aromatic carbocycles. The van der Waals surface area contributed by atoms with Crippen molar-refractivity contribution in [2.45, 2.75) is 83.6 Å². The van der Waals surface area contributed by atoms with E-state index in [-0.39, 0.29) is 22.9 Å². The lowest BCUT2D eigenvalue weighted by molar-refractivity contribution is 0.0689. The van der Waals surface area contributed by atoms with Gasteiger partial charge < -0.3 is 14.4 Å². The summed E-state index contributed by atoms with van der Waals surface area (Å²) >= 11 is 1.19. The number of rotatable bonds is 9. The first-order valence-electron chi connectivity index (χ1n) is 15.5. The highest BCUT2D eigenvalue weighted by atomic mass is 32.2. The molecule has 2 aromatic heterocycles. The molecule has 1 aliphatic heterocycles. The van der Waals surface area contributed by atoms with Gasteiger partial charge in [0.1, 0.15) is 11.4 Å². The number of hydrogen-bond donors (Lipinski definition) is 2. The summed E-state index contributed by atoms with van der Waals surface area (Å²) in [7, 11) is 1.64. The van der Waals surface area contributed by atoms with Gasteiger partial charge in [0.2, 0.25) is 0 Å². The third-order valence-electron chi connectivity index (χ3n) is 8.62. The van der Waals surface area contributed by atoms with Crippen molar-refractivity contribution in [2.75, 3.05) is 7.11 Å². The number of nitrogens with zero attached hydrogens (tertiary/aromatic N) is 4. The van der Waals surface area contributed by atoms with Gasteiger partial charge in [-0.25, -0.2) is 19.2 Å². The number of nitrogens with one attached hydrogen (secondary N) is 1. The smallest absolute Gasteiger partial charge is 0.358 e. The number of ether oxygens (including phenoxy) is 1. The molecule has 10 nitrogen and oxygen atoms in total. The molecule has 2 aliphatic rings. The van der Waals surface area contributed by atoms with Gasteiger partial charge in [-0.15, -0.1) is 5.10 Å². The number of aromatic nitrogens is 4. The van der Waals surface area contributed by atoms with Crippen LogP contribution in [0.25, 0.3) is 33.8 Å². The maximum Gasteiger partial charge on any atom is 0.358 e. The summed E-state index contributed by atoms with van der Waals surface area (Å²) in [5.74, 6) is -0.395. The van der Waals surface area contributed by atoms with E-state index in [1.54, 1.807) is 11.8 Å². The number of carboxylic acid groups (broad SMARTS) is 1. The van der Waals surface area contributed by atoms with E-state index >= 15 is 0 Å². The number of aromatic carboxylic acids is 1. The molecule has 0 bridgehead atoms. The summed E-state index contributed by atoms with van der Waals surface area (Å²) < 4.78 is 14.9. The number of benzene rings is 2. The zero-order valence-corrected chi connectivity index (χ0v) is 27.1. The van der Waals surface area contributed by atoms with Crippen LogP contribution in [0.5, 0.6) is 5.75 Å². The van der Waals surface area contributed by atoms with Gasteiger partial charge in [0, 0.05) is 50.9 Å². The summed E-state index contributed by atoms with van der Waals surface area (Å²) in [6, 6.07) is 11.8. The second-order valence-electron chi connectivity index (χ2n) is 12.3. The Hall–Kier alpha value is -4.09. The standard InChI is InChI=1S/C34H39N5O5S/c1-19(2)39-31(30(34(41)42)35-37-39)24-15-23-16-25(43-5)12-14-26(23)32-29(21-9-7-6-8-10-21)27-13-11-22(17-28(27)38(32)18-24)33(40)36-44-45-20(3)4/h11-17,19-21H,6-10,18H2,1-5H3,(H,36,40)(H,41,42). The van der Waals surface area contributed by atoms with Crippen molar-refractivity contribution < 1.29 is 23.7 Å². The topological polar surface area (TPSA) is 121 Å². The highest BCUT2D eigenvalue weighted by molar-refractivity contribution is 7.95. The minimum Gasteiger partial charge on any atom is -0.497 e. The molecule has 236 valence electrons. The monoisotopic (exact) mass is 629 g/mol. The number of fused-ring (bicyclic) bond motifs is 5. The maximum absolute atomic E-state index is 13.2. The fraction of sp³-hybridized carbons (Fsp3) is 0.412. The lowest BCUT2D eigenvalue weighted by atomic mass is 9.81. The lowest BCUT2D eigenvalue weighted by Gasteiger charge is -2.24. The molecule has 0 radical (unpaired) electrons. The van der Waals surface area contributed by atoms with Gasteiger partial charge in [-0.2, -0.15) is 0 Å². The summed E-state index contributed by atoms with van der Waals surface area (Å²) in [4.78, 5) is 25.6. The molecule has 45 heavy (non-hydrogen) atoms. The van der Waals surface area contributed by atoms with Gasteiger partial charge in [0.15, 0.2) is 5.69 Å². The average molecular weight is 630 g/mol. The summed E-state index contributed by atoms with van der Waals surface area (Å²) in [6.07, 6.45) is 7.79. The Kier molecular flexibility index (Phi) is 8.74. The van der Waals surface area contributed by atoms with E-state index in [0.717, 1.165) is 46.1 Å². The van der Waals surface area contributed by atoms with Gasteiger partial charge in [-0.3, -0.25) is 4.79 Å². The number of carbonyl (C=O) groups excluding carboxylic acids is 1. The van der Waals surface area contributed by atoms with E-state index in [2.05, 4.69) is 32.5 Å². The molecule has 0 spiro atoms. The second-order valence-corrected chi connectivity index (χ2v) is 13.6. The van der Waals surface area contributed by atoms with Crippen molar-refractivity contribution in [2.24, 2.45) is 0 Å². The highest BCUT2D eigenvalue weighted by Gasteiger charge is 2.32. The fourth-order valence-electron chi connectivity index (χ4n) is 6.64. The fourth-order valence-corrected chi connectivity index (χ4v) is 6.96. The molecule has 1 saturated carbocycles. The Morgan fingerprint density at radius 3 is 2.51 bits per heavy atom. The SMILES string of the molecule is COc1ccc2c(c1)C=C(c1c(C(=O)O)nnn1C(C)C)Cn1c-2c(C2CCCCC2)c2ccc(C(=O)NOSC(C)C)cc21. The van der Waals surface area contributed by atoms with Crippen molar-refractivity contribution in [3.05, 3.63) is 64.5 Å². The molecular weight excluding hydrogens is 590 g/mol. The second kappa shape index (κ2) is 12.7. The molecule has 2 N–H and O–H groups in total. The Morgan fingerprint density at radius 1 is 1.04 bits per heavy atom. The Bertz CT molecular complexity index is 1800. The van der Waals surface area contributed by atoms with E-state index in [0.29, 0.717) is 29.5 Å². The number of carbonyl (C=O) groups is 2. The lowest BCUT2D eigenvalue weighted by Crippen LogP contribution is -2.21. The van der Waals surface area contributed by atoms with Crippen molar-refractivity contribution in [1.82, 2.24) is 25.0 Å². The molecule has 0 unspecified atom stereocenters. The number of carboxylic acids is 1. The van der Waals surface area contributed by atoms with Crippen LogP contribution in [0.4, 0.5) is 0 Å². The van der Waals surface area contributed by atoms with Crippen LogP contribution >= 0.6 is 12.0 Å². The number of allylic oxidation sites excluding steroid dienone is 1. The van der Waals surface area contributed by atoms with Gasteiger partial charge in [-0.05, 0) is 80.1 Å². The van der Waals surface area contributed by atoms with E-state index in [1.165, 1.54) is 36.9 Å². The van der Waals surface area contributed by atoms with Crippen LogP contribution in [-0.4, -0.2) is 48.9 Å². The molecule has 6 rings (SSSR count). The van der Waals surface area contributed by atoms with E-state index in [1.807, 2.05) is 58.0 Å². The van der Waals surface area contributed by atoms with Crippen LogP contribution in [-0.2, 0) is 10.8 Å². The van der Waals surface area contributed by atoms with E-state index in [4.69, 9.17) is 9.02 Å². The Balaban J connectivity index is 1.61. The van der Waals surface area contributed by atoms with Crippen LogP contribution < -0.4 is 10.2 Å².